The van der Waals surface area contributed by atoms with Crippen molar-refractivity contribution in [3.8, 4) is 11.5 Å². The van der Waals surface area contributed by atoms with Crippen molar-refractivity contribution in [3.05, 3.63) is 56.8 Å². The minimum Gasteiger partial charge on any atom is -0.504 e. The molecule has 0 aliphatic carbocycles. The summed E-state index contributed by atoms with van der Waals surface area (Å²) in [7, 11) is 6.06. The van der Waals surface area contributed by atoms with Crippen LogP contribution in [-0.4, -0.2) is 37.1 Å². The molecule has 0 atom stereocenters. The van der Waals surface area contributed by atoms with Crippen LogP contribution in [0, 0.1) is 0 Å². The zero-order valence-electron chi connectivity index (χ0n) is 16.6. The van der Waals surface area contributed by atoms with E-state index in [1.54, 1.807) is 32.3 Å². The van der Waals surface area contributed by atoms with Gasteiger partial charge in [-0.3, -0.25) is 13.9 Å². The van der Waals surface area contributed by atoms with E-state index >= 15 is 0 Å². The van der Waals surface area contributed by atoms with E-state index in [2.05, 4.69) is 22.1 Å². The maximum atomic E-state index is 12.4. The highest BCUT2D eigenvalue weighted by atomic mass is 16.5. The number of nitrogens with zero attached hydrogens (tertiary/aromatic N) is 5. The van der Waals surface area contributed by atoms with Gasteiger partial charge < -0.3 is 14.4 Å². The normalized spacial score (nSPS) is 11.3. The van der Waals surface area contributed by atoms with Crippen LogP contribution in [0.2, 0.25) is 0 Å². The van der Waals surface area contributed by atoms with E-state index in [0.717, 1.165) is 10.1 Å². The van der Waals surface area contributed by atoms with Gasteiger partial charge in [-0.2, -0.15) is 10.1 Å². The van der Waals surface area contributed by atoms with Crippen LogP contribution in [0.15, 0.2) is 39.5 Å². The first kappa shape index (κ1) is 19.9. The number of hydrazone groups is 1. The minimum absolute atomic E-state index is 0.0490. The zero-order chi connectivity index (χ0) is 21.3. The molecule has 3 aromatic rings. The average molecular weight is 398 g/mol. The molecule has 0 saturated heterocycles. The third kappa shape index (κ3) is 3.40. The lowest BCUT2D eigenvalue weighted by Gasteiger charge is -2.09. The summed E-state index contributed by atoms with van der Waals surface area (Å²) < 4.78 is 9.02. The first-order valence-electron chi connectivity index (χ1n) is 8.72. The number of hydrogen-bond donors (Lipinski definition) is 2. The van der Waals surface area contributed by atoms with Crippen molar-refractivity contribution in [2.45, 2.75) is 6.42 Å². The molecule has 29 heavy (non-hydrogen) atoms. The molecule has 2 aromatic heterocycles. The largest absolute Gasteiger partial charge is 0.504 e. The van der Waals surface area contributed by atoms with Crippen LogP contribution < -0.4 is 21.4 Å². The van der Waals surface area contributed by atoms with Crippen molar-refractivity contribution in [1.82, 2.24) is 18.7 Å². The van der Waals surface area contributed by atoms with Crippen molar-refractivity contribution >= 4 is 23.3 Å². The number of fused-ring (bicyclic) bond motifs is 1. The summed E-state index contributed by atoms with van der Waals surface area (Å²) in [4.78, 5) is 28.8. The molecule has 0 aliphatic rings. The van der Waals surface area contributed by atoms with E-state index in [4.69, 9.17) is 4.74 Å². The molecule has 1 aromatic carbocycles. The Labute approximate surface area is 166 Å². The average Bonchev–Trinajstić information content (AvgIpc) is 3.03. The van der Waals surface area contributed by atoms with Crippen LogP contribution in [0.3, 0.4) is 0 Å². The molecule has 2 heterocycles. The molecular weight excluding hydrogens is 376 g/mol. The number of phenols is 1. The van der Waals surface area contributed by atoms with Gasteiger partial charge in [0.15, 0.2) is 22.7 Å². The highest BCUT2D eigenvalue weighted by Crippen LogP contribution is 2.30. The van der Waals surface area contributed by atoms with Crippen LogP contribution in [-0.2, 0) is 27.6 Å². The molecule has 0 bridgehead atoms. The summed E-state index contributed by atoms with van der Waals surface area (Å²) >= 11 is 0. The number of hydrogen-bond acceptors (Lipinski definition) is 7. The molecule has 0 spiro atoms. The van der Waals surface area contributed by atoms with E-state index in [1.165, 1.54) is 29.5 Å². The predicted molar refractivity (Wildman–Crippen MR) is 111 cm³/mol. The second-order valence-corrected chi connectivity index (χ2v) is 6.47. The van der Waals surface area contributed by atoms with E-state index < -0.39 is 11.2 Å². The molecule has 152 valence electrons. The molecule has 2 N–H and O–H groups in total. The molecule has 0 amide bonds. The highest BCUT2D eigenvalue weighted by molar-refractivity contribution is 5.86. The molecule has 0 radical (unpaired) electrons. The number of anilines is 1. The number of allylic oxidation sites excluding steroid dienone is 1. The molecule has 0 fully saturated rings. The number of ether oxygens (including phenoxy) is 1. The fourth-order valence-electron chi connectivity index (χ4n) is 3.01. The summed E-state index contributed by atoms with van der Waals surface area (Å²) in [5.41, 5.74) is 3.69. The van der Waals surface area contributed by atoms with Crippen LogP contribution >= 0.6 is 0 Å². The van der Waals surface area contributed by atoms with E-state index in [1.807, 2.05) is 0 Å². The van der Waals surface area contributed by atoms with Crippen molar-refractivity contribution in [2.75, 3.05) is 12.5 Å². The Morgan fingerprint density at radius 3 is 2.62 bits per heavy atom. The molecule has 0 unspecified atom stereocenters. The Balaban J connectivity index is 2.00. The number of nitrogens with one attached hydrogen (secondary N) is 1. The lowest BCUT2D eigenvalue weighted by atomic mass is 10.1. The first-order chi connectivity index (χ1) is 13.8. The Bertz CT molecular complexity index is 1250. The second kappa shape index (κ2) is 7.66. The van der Waals surface area contributed by atoms with Gasteiger partial charge in [-0.1, -0.05) is 6.08 Å². The van der Waals surface area contributed by atoms with Crippen molar-refractivity contribution in [2.24, 2.45) is 26.2 Å². The van der Waals surface area contributed by atoms with Crippen LogP contribution in [0.4, 0.5) is 5.95 Å². The van der Waals surface area contributed by atoms with Gasteiger partial charge in [0, 0.05) is 26.7 Å². The topological polar surface area (TPSA) is 116 Å². The van der Waals surface area contributed by atoms with Gasteiger partial charge in [0.1, 0.15) is 0 Å². The number of rotatable bonds is 6. The Kier molecular flexibility index (Phi) is 5.26. The van der Waals surface area contributed by atoms with Gasteiger partial charge >= 0.3 is 5.69 Å². The zero-order valence-corrected chi connectivity index (χ0v) is 16.6. The van der Waals surface area contributed by atoms with Crippen LogP contribution in [0.1, 0.15) is 11.1 Å². The summed E-state index contributed by atoms with van der Waals surface area (Å²) in [5.74, 6) is 0.544. The Morgan fingerprint density at radius 1 is 1.24 bits per heavy atom. The number of phenolic OH excluding ortho intramolecular Hbond substituents is 1. The lowest BCUT2D eigenvalue weighted by molar-refractivity contribution is 0.372. The molecule has 0 saturated carbocycles. The van der Waals surface area contributed by atoms with Gasteiger partial charge in [-0.05, 0) is 24.1 Å². The molecule has 10 nitrogen and oxygen atoms in total. The maximum Gasteiger partial charge on any atom is 0.332 e. The molecule has 10 heteroatoms. The number of benzene rings is 1. The monoisotopic (exact) mass is 398 g/mol. The SMILES string of the molecule is C=CCc1cc(C=NNc2nc3c(c(=O)n(C)c(=O)n3C)n2C)c(O)c(OC)c1. The fourth-order valence-corrected chi connectivity index (χ4v) is 3.01. The van der Waals surface area contributed by atoms with E-state index in [0.29, 0.717) is 17.7 Å². The Morgan fingerprint density at radius 2 is 1.97 bits per heavy atom. The number of aryl methyl sites for hydroxylation is 2. The molecule has 3 rings (SSSR count). The smallest absolute Gasteiger partial charge is 0.332 e. The van der Waals surface area contributed by atoms with E-state index in [-0.39, 0.29) is 22.9 Å². The van der Waals surface area contributed by atoms with E-state index in [9.17, 15) is 14.7 Å². The minimum atomic E-state index is -0.466. The third-order valence-corrected chi connectivity index (χ3v) is 4.61. The Hall–Kier alpha value is -3.82. The number of aromatic nitrogens is 4. The maximum absolute atomic E-state index is 12.4. The summed E-state index contributed by atoms with van der Waals surface area (Å²) in [6.07, 6.45) is 3.77. The van der Waals surface area contributed by atoms with Gasteiger partial charge in [-0.25, -0.2) is 10.2 Å². The third-order valence-electron chi connectivity index (χ3n) is 4.61. The fraction of sp³-hybridized carbons (Fsp3) is 0.263. The van der Waals surface area contributed by atoms with Gasteiger partial charge in [0.25, 0.3) is 5.56 Å². The molecule has 0 aliphatic heterocycles. The summed E-state index contributed by atoms with van der Waals surface area (Å²) in [6, 6.07) is 3.49. The molecular formula is C19H22N6O4. The van der Waals surface area contributed by atoms with Crippen molar-refractivity contribution in [3.63, 3.8) is 0 Å². The summed E-state index contributed by atoms with van der Waals surface area (Å²) in [5, 5.41) is 14.4. The van der Waals surface area contributed by atoms with Gasteiger partial charge in [0.2, 0.25) is 5.95 Å². The number of aromatic hydroxyl groups is 1. The number of imidazole rings is 1. The standard InChI is InChI=1S/C19H22N6O4/c1-6-7-11-8-12(15(26)13(9-11)29-5)10-20-22-18-21-16-14(23(18)2)17(27)25(4)19(28)24(16)3/h6,8-10,26H,1,7H2,2-5H3,(H,21,22). The first-order valence-corrected chi connectivity index (χ1v) is 8.72. The summed E-state index contributed by atoms with van der Waals surface area (Å²) in [6.45, 7) is 3.71. The predicted octanol–water partition coefficient (Wildman–Crippen LogP) is 0.859. The van der Waals surface area contributed by atoms with Gasteiger partial charge in [0.05, 0.1) is 13.3 Å². The highest BCUT2D eigenvalue weighted by Gasteiger charge is 2.16. The lowest BCUT2D eigenvalue weighted by Crippen LogP contribution is -2.37. The van der Waals surface area contributed by atoms with Crippen molar-refractivity contribution < 1.29 is 9.84 Å². The number of methoxy groups -OCH3 is 1. The van der Waals surface area contributed by atoms with Gasteiger partial charge in [-0.15, -0.1) is 6.58 Å². The van der Waals surface area contributed by atoms with Crippen molar-refractivity contribution in [1.29, 1.82) is 0 Å². The van der Waals surface area contributed by atoms with Crippen LogP contribution in [0.5, 0.6) is 11.5 Å². The quantitative estimate of drug-likeness (QED) is 0.361. The second-order valence-electron chi connectivity index (χ2n) is 6.47. The van der Waals surface area contributed by atoms with Crippen LogP contribution in [0.25, 0.3) is 11.2 Å².